The highest BCUT2D eigenvalue weighted by molar-refractivity contribution is 5.63. The summed E-state index contributed by atoms with van der Waals surface area (Å²) in [7, 11) is 0. The average molecular weight is 411 g/mol. The molecule has 1 N–H and O–H groups in total. The number of amides is 1. The van der Waals surface area contributed by atoms with Gasteiger partial charge in [-0.2, -0.15) is 13.2 Å². The van der Waals surface area contributed by atoms with E-state index in [4.69, 9.17) is 4.74 Å². The topological polar surface area (TPSA) is 100 Å². The molecule has 0 saturated carbocycles. The Hall–Kier alpha value is -2.91. The van der Waals surface area contributed by atoms with E-state index in [1.54, 1.807) is 13.8 Å². The Morgan fingerprint density at radius 3 is 2.41 bits per heavy atom. The van der Waals surface area contributed by atoms with Crippen molar-refractivity contribution < 1.29 is 27.8 Å². The highest BCUT2D eigenvalue weighted by atomic mass is 19.4. The molecule has 1 atom stereocenters. The monoisotopic (exact) mass is 411 g/mol. The van der Waals surface area contributed by atoms with Gasteiger partial charge in [-0.25, -0.2) is 15.0 Å². The Labute approximate surface area is 166 Å². The molecule has 0 aliphatic heterocycles. The van der Waals surface area contributed by atoms with Crippen molar-refractivity contribution >= 4 is 6.09 Å². The summed E-state index contributed by atoms with van der Waals surface area (Å²) in [4.78, 5) is 22.7. The van der Waals surface area contributed by atoms with Crippen molar-refractivity contribution in [1.29, 1.82) is 0 Å². The van der Waals surface area contributed by atoms with Gasteiger partial charge >= 0.3 is 6.18 Å². The number of halogens is 3. The molecule has 0 aromatic carbocycles. The van der Waals surface area contributed by atoms with Gasteiger partial charge in [0.25, 0.3) is 0 Å². The Balaban J connectivity index is 2.35. The van der Waals surface area contributed by atoms with Crippen molar-refractivity contribution in [3.05, 3.63) is 35.9 Å². The number of nitrogens with zero attached hydrogens (tertiary/aromatic N) is 3. The molecule has 0 bridgehead atoms. The molecule has 0 saturated heterocycles. The number of alkyl halides is 3. The zero-order valence-electron chi connectivity index (χ0n) is 16.5. The molecule has 2 aromatic heterocycles. The largest absolute Gasteiger partial charge is 0.530 e. The SMILES string of the molecule is Cc1nccc(-c2ccc(OCC(C)(CC(C)C)NC(=O)[O-])c(C(F)(F)F)n2)n1. The molecule has 158 valence electrons. The molecule has 0 fully saturated rings. The zero-order chi connectivity index (χ0) is 21.8. The van der Waals surface area contributed by atoms with E-state index < -0.39 is 29.3 Å². The number of hydrogen-bond acceptors (Lipinski definition) is 6. The summed E-state index contributed by atoms with van der Waals surface area (Å²) in [6.45, 7) is 6.55. The van der Waals surface area contributed by atoms with Gasteiger partial charge < -0.3 is 20.0 Å². The number of aryl methyl sites for hydroxylation is 1. The summed E-state index contributed by atoms with van der Waals surface area (Å²) < 4.78 is 46.1. The van der Waals surface area contributed by atoms with Crippen molar-refractivity contribution in [3.63, 3.8) is 0 Å². The predicted molar refractivity (Wildman–Crippen MR) is 96.9 cm³/mol. The van der Waals surface area contributed by atoms with Crippen molar-refractivity contribution in [2.45, 2.75) is 45.8 Å². The van der Waals surface area contributed by atoms with Crippen LogP contribution < -0.4 is 15.2 Å². The molecule has 1 unspecified atom stereocenters. The molecular weight excluding hydrogens is 389 g/mol. The van der Waals surface area contributed by atoms with E-state index >= 15 is 0 Å². The van der Waals surface area contributed by atoms with Gasteiger partial charge in [-0.15, -0.1) is 0 Å². The second-order valence-corrected chi connectivity index (χ2v) is 7.39. The summed E-state index contributed by atoms with van der Waals surface area (Å²) in [6, 6.07) is 3.97. The van der Waals surface area contributed by atoms with Crippen LogP contribution in [0.2, 0.25) is 0 Å². The van der Waals surface area contributed by atoms with Crippen LogP contribution in [0.15, 0.2) is 24.4 Å². The molecule has 1 amide bonds. The van der Waals surface area contributed by atoms with Gasteiger partial charge in [0.15, 0.2) is 5.69 Å². The maximum absolute atomic E-state index is 13.6. The molecule has 0 spiro atoms. The van der Waals surface area contributed by atoms with E-state index in [2.05, 4.69) is 20.3 Å². The third kappa shape index (κ3) is 6.30. The van der Waals surface area contributed by atoms with Gasteiger partial charge in [0.05, 0.1) is 16.9 Å². The average Bonchev–Trinajstić information content (AvgIpc) is 2.57. The van der Waals surface area contributed by atoms with Gasteiger partial charge in [0, 0.05) is 6.20 Å². The minimum atomic E-state index is -4.77. The second kappa shape index (κ2) is 8.62. The number of ether oxygens (including phenoxy) is 1. The number of carboxylic acid groups (broad SMARTS) is 1. The standard InChI is InChI=1S/C19H23F3N4O3/c1-11(2)9-18(4,26-17(27)28)10-29-15-6-5-13(25-16(15)19(20,21)22)14-7-8-23-12(3)24-14/h5-8,11,26H,9-10H2,1-4H3,(H,27,28)/p-1. The number of aromatic nitrogens is 3. The van der Waals surface area contributed by atoms with Crippen molar-refractivity contribution in [2.75, 3.05) is 6.61 Å². The number of rotatable bonds is 7. The quantitative estimate of drug-likeness (QED) is 0.752. The van der Waals surface area contributed by atoms with Crippen LogP contribution in [0.4, 0.5) is 18.0 Å². The normalized spacial score (nSPS) is 13.8. The highest BCUT2D eigenvalue weighted by Crippen LogP contribution is 2.36. The fourth-order valence-electron chi connectivity index (χ4n) is 3.04. The minimum absolute atomic E-state index is 0.0213. The molecule has 2 aromatic rings. The van der Waals surface area contributed by atoms with E-state index in [0.29, 0.717) is 12.2 Å². The lowest BCUT2D eigenvalue weighted by Crippen LogP contribution is -2.55. The molecule has 7 nitrogen and oxygen atoms in total. The zero-order valence-corrected chi connectivity index (χ0v) is 16.5. The second-order valence-electron chi connectivity index (χ2n) is 7.39. The lowest BCUT2D eigenvalue weighted by atomic mass is 9.91. The van der Waals surface area contributed by atoms with Crippen LogP contribution in [0.3, 0.4) is 0 Å². The minimum Gasteiger partial charge on any atom is -0.530 e. The van der Waals surface area contributed by atoms with Crippen LogP contribution in [0.1, 0.15) is 38.7 Å². The van der Waals surface area contributed by atoms with E-state index in [0.717, 1.165) is 6.07 Å². The summed E-state index contributed by atoms with van der Waals surface area (Å²) >= 11 is 0. The number of pyridine rings is 1. The van der Waals surface area contributed by atoms with E-state index in [9.17, 15) is 23.1 Å². The third-order valence-corrected chi connectivity index (χ3v) is 3.97. The summed E-state index contributed by atoms with van der Waals surface area (Å²) in [6.07, 6.45) is -4.53. The number of carbonyl (C=O) groups is 1. The van der Waals surface area contributed by atoms with Gasteiger partial charge in [0.1, 0.15) is 24.3 Å². The molecule has 10 heteroatoms. The van der Waals surface area contributed by atoms with Gasteiger partial charge in [-0.3, -0.25) is 0 Å². The van der Waals surface area contributed by atoms with E-state index in [1.165, 1.54) is 18.3 Å². The summed E-state index contributed by atoms with van der Waals surface area (Å²) in [5.41, 5.74) is -2.07. The Bertz CT molecular complexity index is 874. The maximum atomic E-state index is 13.6. The first-order valence-corrected chi connectivity index (χ1v) is 8.90. The van der Waals surface area contributed by atoms with Gasteiger partial charge in [-0.05, 0) is 44.4 Å². The van der Waals surface area contributed by atoms with Crippen LogP contribution in [0, 0.1) is 12.8 Å². The van der Waals surface area contributed by atoms with E-state index in [-0.39, 0.29) is 23.9 Å². The Morgan fingerprint density at radius 2 is 1.86 bits per heavy atom. The lowest BCUT2D eigenvalue weighted by molar-refractivity contribution is -0.253. The Morgan fingerprint density at radius 1 is 1.21 bits per heavy atom. The fraction of sp³-hybridized carbons (Fsp3) is 0.474. The first-order valence-electron chi connectivity index (χ1n) is 8.90. The molecule has 0 aliphatic carbocycles. The molecule has 2 heterocycles. The molecule has 0 radical (unpaired) electrons. The van der Waals surface area contributed by atoms with Crippen molar-refractivity contribution in [3.8, 4) is 17.1 Å². The van der Waals surface area contributed by atoms with Crippen LogP contribution in [-0.4, -0.2) is 33.2 Å². The third-order valence-electron chi connectivity index (χ3n) is 3.97. The first-order chi connectivity index (χ1) is 13.4. The van der Waals surface area contributed by atoms with Crippen LogP contribution in [0.25, 0.3) is 11.4 Å². The molecule has 0 aliphatic rings. The Kier molecular flexibility index (Phi) is 6.66. The van der Waals surface area contributed by atoms with E-state index in [1.807, 2.05) is 13.8 Å². The predicted octanol–water partition coefficient (Wildman–Crippen LogP) is 2.98. The lowest BCUT2D eigenvalue weighted by Gasteiger charge is -2.33. The molecule has 29 heavy (non-hydrogen) atoms. The van der Waals surface area contributed by atoms with Gasteiger partial charge in [0.2, 0.25) is 0 Å². The molecule has 2 rings (SSSR count). The smallest absolute Gasteiger partial charge is 0.437 e. The fourth-order valence-corrected chi connectivity index (χ4v) is 3.04. The van der Waals surface area contributed by atoms with Crippen molar-refractivity contribution in [1.82, 2.24) is 20.3 Å². The first kappa shape index (κ1) is 22.4. The van der Waals surface area contributed by atoms with Gasteiger partial charge in [-0.1, -0.05) is 13.8 Å². The summed E-state index contributed by atoms with van der Waals surface area (Å²) in [5, 5.41) is 13.2. The highest BCUT2D eigenvalue weighted by Gasteiger charge is 2.38. The number of carbonyl (C=O) groups excluding carboxylic acids is 1. The number of hydrogen-bond donors (Lipinski definition) is 1. The molecular formula is C19H22F3N4O3-. The van der Waals surface area contributed by atoms with Crippen LogP contribution >= 0.6 is 0 Å². The number of nitrogens with one attached hydrogen (secondary N) is 1. The summed E-state index contributed by atoms with van der Waals surface area (Å²) in [5.74, 6) is -0.0304. The van der Waals surface area contributed by atoms with Crippen LogP contribution in [-0.2, 0) is 6.18 Å². The van der Waals surface area contributed by atoms with Crippen LogP contribution in [0.5, 0.6) is 5.75 Å². The maximum Gasteiger partial charge on any atom is 0.437 e. The van der Waals surface area contributed by atoms with Crippen molar-refractivity contribution in [2.24, 2.45) is 5.92 Å².